The van der Waals surface area contributed by atoms with E-state index in [4.69, 9.17) is 0 Å². The molecule has 0 spiro atoms. The van der Waals surface area contributed by atoms with Crippen molar-refractivity contribution < 1.29 is 9.59 Å². The van der Waals surface area contributed by atoms with Crippen molar-refractivity contribution >= 4 is 17.5 Å². The molecule has 28 heavy (non-hydrogen) atoms. The maximum atomic E-state index is 12.1. The van der Waals surface area contributed by atoms with Crippen LogP contribution in [0.2, 0.25) is 0 Å². The van der Waals surface area contributed by atoms with Crippen LogP contribution in [0, 0.1) is 0 Å². The first-order valence-corrected chi connectivity index (χ1v) is 9.39. The summed E-state index contributed by atoms with van der Waals surface area (Å²) in [6, 6.07) is 17.5. The lowest BCUT2D eigenvalue weighted by atomic mass is 10.1. The van der Waals surface area contributed by atoms with E-state index < -0.39 is 0 Å². The standard InChI is InChI=1S/C22H24N4O2/c1-2-18-8-6-7-11-20(18)25-22(28)15-23-21(27)13-12-17-14-24-26(16-17)19-9-4-3-5-10-19/h3-11,14,16H,2,12-13,15H2,1H3,(H,23,27)(H,25,28). The van der Waals surface area contributed by atoms with Gasteiger partial charge >= 0.3 is 0 Å². The van der Waals surface area contributed by atoms with Crippen LogP contribution in [0.5, 0.6) is 0 Å². The van der Waals surface area contributed by atoms with Crippen LogP contribution < -0.4 is 10.6 Å². The molecule has 144 valence electrons. The highest BCUT2D eigenvalue weighted by atomic mass is 16.2. The minimum absolute atomic E-state index is 0.0415. The normalized spacial score (nSPS) is 10.5. The van der Waals surface area contributed by atoms with Crippen LogP contribution in [0.1, 0.15) is 24.5 Å². The summed E-state index contributed by atoms with van der Waals surface area (Å²) in [5.74, 6) is -0.391. The number of para-hydroxylation sites is 2. The highest BCUT2D eigenvalue weighted by Crippen LogP contribution is 2.15. The molecular formula is C22H24N4O2. The molecule has 2 amide bonds. The summed E-state index contributed by atoms with van der Waals surface area (Å²) in [4.78, 5) is 24.1. The zero-order chi connectivity index (χ0) is 19.8. The Hall–Kier alpha value is -3.41. The van der Waals surface area contributed by atoms with E-state index in [9.17, 15) is 9.59 Å². The van der Waals surface area contributed by atoms with Crippen molar-refractivity contribution in [3.05, 3.63) is 78.1 Å². The van der Waals surface area contributed by atoms with E-state index in [0.717, 1.165) is 28.9 Å². The van der Waals surface area contributed by atoms with Crippen LogP contribution in [0.25, 0.3) is 5.69 Å². The molecular weight excluding hydrogens is 352 g/mol. The monoisotopic (exact) mass is 376 g/mol. The number of nitrogens with one attached hydrogen (secondary N) is 2. The Morgan fingerprint density at radius 2 is 1.75 bits per heavy atom. The van der Waals surface area contributed by atoms with Crippen molar-refractivity contribution in [1.82, 2.24) is 15.1 Å². The zero-order valence-electron chi connectivity index (χ0n) is 15.9. The number of aromatic nitrogens is 2. The second-order valence-corrected chi connectivity index (χ2v) is 6.46. The van der Waals surface area contributed by atoms with Crippen molar-refractivity contribution in [3.8, 4) is 5.69 Å². The quantitative estimate of drug-likeness (QED) is 0.634. The van der Waals surface area contributed by atoms with Gasteiger partial charge in [0.05, 0.1) is 18.4 Å². The fourth-order valence-electron chi connectivity index (χ4n) is 2.88. The summed E-state index contributed by atoms with van der Waals surface area (Å²) in [5, 5.41) is 9.84. The number of hydrogen-bond donors (Lipinski definition) is 2. The lowest BCUT2D eigenvalue weighted by molar-refractivity contribution is -0.124. The van der Waals surface area contributed by atoms with Crippen molar-refractivity contribution in [2.24, 2.45) is 0 Å². The van der Waals surface area contributed by atoms with Gasteiger partial charge in [0.25, 0.3) is 0 Å². The number of hydrogen-bond acceptors (Lipinski definition) is 3. The van der Waals surface area contributed by atoms with E-state index in [0.29, 0.717) is 12.8 Å². The minimum Gasteiger partial charge on any atom is -0.347 e. The zero-order valence-corrected chi connectivity index (χ0v) is 15.9. The smallest absolute Gasteiger partial charge is 0.243 e. The molecule has 0 atom stereocenters. The molecule has 2 aromatic carbocycles. The Morgan fingerprint density at radius 1 is 1.00 bits per heavy atom. The molecule has 6 nitrogen and oxygen atoms in total. The van der Waals surface area contributed by atoms with Gasteiger partial charge in [-0.05, 0) is 42.2 Å². The highest BCUT2D eigenvalue weighted by molar-refractivity contribution is 5.95. The number of aryl methyl sites for hydroxylation is 2. The Kier molecular flexibility index (Phi) is 6.57. The molecule has 2 N–H and O–H groups in total. The van der Waals surface area contributed by atoms with Gasteiger partial charge in [0, 0.05) is 18.3 Å². The van der Waals surface area contributed by atoms with Gasteiger partial charge in [-0.3, -0.25) is 9.59 Å². The van der Waals surface area contributed by atoms with Crippen molar-refractivity contribution in [2.75, 3.05) is 11.9 Å². The second-order valence-electron chi connectivity index (χ2n) is 6.46. The maximum absolute atomic E-state index is 12.1. The average molecular weight is 376 g/mol. The van der Waals surface area contributed by atoms with E-state index in [-0.39, 0.29) is 18.4 Å². The molecule has 0 unspecified atom stereocenters. The maximum Gasteiger partial charge on any atom is 0.243 e. The first kappa shape index (κ1) is 19.4. The van der Waals surface area contributed by atoms with Crippen LogP contribution in [-0.4, -0.2) is 28.1 Å². The van der Waals surface area contributed by atoms with Crippen LogP contribution in [-0.2, 0) is 22.4 Å². The van der Waals surface area contributed by atoms with E-state index in [2.05, 4.69) is 15.7 Å². The summed E-state index contributed by atoms with van der Waals surface area (Å²) >= 11 is 0. The van der Waals surface area contributed by atoms with Gasteiger partial charge < -0.3 is 10.6 Å². The average Bonchev–Trinajstić information content (AvgIpc) is 3.21. The number of rotatable bonds is 8. The van der Waals surface area contributed by atoms with Gasteiger partial charge in [-0.1, -0.05) is 43.3 Å². The first-order chi connectivity index (χ1) is 13.7. The van der Waals surface area contributed by atoms with Gasteiger partial charge in [-0.15, -0.1) is 0 Å². The molecule has 3 aromatic rings. The molecule has 6 heteroatoms. The molecule has 0 aliphatic heterocycles. The van der Waals surface area contributed by atoms with Crippen molar-refractivity contribution in [3.63, 3.8) is 0 Å². The third-order valence-electron chi connectivity index (χ3n) is 4.42. The molecule has 0 bridgehead atoms. The largest absolute Gasteiger partial charge is 0.347 e. The molecule has 1 aromatic heterocycles. The Morgan fingerprint density at radius 3 is 2.54 bits per heavy atom. The lowest BCUT2D eigenvalue weighted by Gasteiger charge is -2.10. The molecule has 0 aliphatic rings. The fourth-order valence-corrected chi connectivity index (χ4v) is 2.88. The topological polar surface area (TPSA) is 76.0 Å². The van der Waals surface area contributed by atoms with Gasteiger partial charge in [-0.25, -0.2) is 4.68 Å². The third kappa shape index (κ3) is 5.30. The Bertz CT molecular complexity index is 934. The lowest BCUT2D eigenvalue weighted by Crippen LogP contribution is -2.33. The van der Waals surface area contributed by atoms with Crippen LogP contribution in [0.4, 0.5) is 5.69 Å². The number of anilines is 1. The SMILES string of the molecule is CCc1ccccc1NC(=O)CNC(=O)CCc1cnn(-c2ccccc2)c1. The summed E-state index contributed by atoms with van der Waals surface area (Å²) in [7, 11) is 0. The van der Waals surface area contributed by atoms with Crippen LogP contribution in [0.3, 0.4) is 0 Å². The van der Waals surface area contributed by atoms with E-state index in [1.54, 1.807) is 10.9 Å². The number of carbonyl (C=O) groups is 2. The number of carbonyl (C=O) groups excluding carboxylic acids is 2. The van der Waals surface area contributed by atoms with Gasteiger partial charge in [0.2, 0.25) is 11.8 Å². The summed E-state index contributed by atoms with van der Waals surface area (Å²) in [6.45, 7) is 1.99. The summed E-state index contributed by atoms with van der Waals surface area (Å²) in [6.07, 6.45) is 5.38. The van der Waals surface area contributed by atoms with Gasteiger partial charge in [0.1, 0.15) is 0 Å². The Labute approximate surface area is 164 Å². The first-order valence-electron chi connectivity index (χ1n) is 9.39. The van der Waals surface area contributed by atoms with E-state index >= 15 is 0 Å². The molecule has 0 fully saturated rings. The number of amides is 2. The molecule has 3 rings (SSSR count). The predicted octanol–water partition coefficient (Wildman–Crippen LogP) is 3.12. The molecule has 0 saturated heterocycles. The van der Waals surface area contributed by atoms with Crippen molar-refractivity contribution in [2.45, 2.75) is 26.2 Å². The predicted molar refractivity (Wildman–Crippen MR) is 109 cm³/mol. The highest BCUT2D eigenvalue weighted by Gasteiger charge is 2.09. The van der Waals surface area contributed by atoms with Gasteiger partial charge in [-0.2, -0.15) is 5.10 Å². The summed E-state index contributed by atoms with van der Waals surface area (Å²) < 4.78 is 1.78. The molecule has 1 heterocycles. The van der Waals surface area contributed by atoms with E-state index in [1.807, 2.05) is 67.7 Å². The van der Waals surface area contributed by atoms with Crippen molar-refractivity contribution in [1.29, 1.82) is 0 Å². The minimum atomic E-state index is -0.230. The fraction of sp³-hybridized carbons (Fsp3) is 0.227. The van der Waals surface area contributed by atoms with E-state index in [1.165, 1.54) is 0 Å². The van der Waals surface area contributed by atoms with Crippen LogP contribution in [0.15, 0.2) is 67.0 Å². The summed E-state index contributed by atoms with van der Waals surface area (Å²) in [5.41, 5.74) is 3.80. The second kappa shape index (κ2) is 9.50. The third-order valence-corrected chi connectivity index (χ3v) is 4.42. The van der Waals surface area contributed by atoms with Gasteiger partial charge in [0.15, 0.2) is 0 Å². The number of nitrogens with zero attached hydrogens (tertiary/aromatic N) is 2. The molecule has 0 saturated carbocycles. The molecule has 0 aliphatic carbocycles. The molecule has 0 radical (unpaired) electrons. The Balaban J connectivity index is 1.43. The number of benzene rings is 2. The van der Waals surface area contributed by atoms with Crippen LogP contribution >= 0.6 is 0 Å².